The van der Waals surface area contributed by atoms with Crippen molar-refractivity contribution in [3.63, 3.8) is 0 Å². The van der Waals surface area contributed by atoms with Crippen molar-refractivity contribution in [3.05, 3.63) is 82.6 Å². The van der Waals surface area contributed by atoms with Crippen molar-refractivity contribution < 1.29 is 18.0 Å². The molecule has 0 aliphatic carbocycles. The first-order valence-electron chi connectivity index (χ1n) is 12.8. The third kappa shape index (κ3) is 5.50. The van der Waals surface area contributed by atoms with Gasteiger partial charge in [-0.3, -0.25) is 18.9 Å². The highest BCUT2D eigenvalue weighted by atomic mass is 35.5. The predicted molar refractivity (Wildman–Crippen MR) is 150 cm³/mol. The molecule has 0 saturated carbocycles. The van der Waals surface area contributed by atoms with Crippen LogP contribution in [0.5, 0.6) is 0 Å². The molecule has 0 radical (unpaired) electrons. The normalized spacial score (nSPS) is 21.2. The van der Waals surface area contributed by atoms with Crippen molar-refractivity contribution in [2.45, 2.75) is 56.1 Å². The predicted octanol–water partition coefficient (Wildman–Crippen LogP) is 3.87. The first-order valence-corrected chi connectivity index (χ1v) is 14.6. The molecule has 1 fully saturated rings. The minimum Gasteiger partial charge on any atom is -0.353 e. The van der Waals surface area contributed by atoms with Gasteiger partial charge in [0.1, 0.15) is 6.04 Å². The molecule has 0 bridgehead atoms. The summed E-state index contributed by atoms with van der Waals surface area (Å²) >= 11 is 6.23. The van der Waals surface area contributed by atoms with Crippen molar-refractivity contribution in [3.8, 4) is 0 Å². The number of anilines is 2. The van der Waals surface area contributed by atoms with Gasteiger partial charge in [-0.25, -0.2) is 8.42 Å². The van der Waals surface area contributed by atoms with Crippen LogP contribution >= 0.6 is 11.6 Å². The summed E-state index contributed by atoms with van der Waals surface area (Å²) < 4.78 is 29.3. The number of para-hydroxylation sites is 2. The molecular weight excluding hydrogens is 538 g/mol. The fraction of sp³-hybridized carbons (Fsp3) is 0.321. The second-order valence-corrected chi connectivity index (χ2v) is 12.2. The van der Waals surface area contributed by atoms with Crippen molar-refractivity contribution in [2.24, 2.45) is 0 Å². The lowest BCUT2D eigenvalue weighted by Crippen LogP contribution is -2.54. The molecule has 2 aromatic carbocycles. The summed E-state index contributed by atoms with van der Waals surface area (Å²) in [7, 11) is -4.23. The van der Waals surface area contributed by atoms with Crippen molar-refractivity contribution >= 4 is 44.8 Å². The summed E-state index contributed by atoms with van der Waals surface area (Å²) in [5.41, 5.74) is 2.80. The number of pyridine rings is 1. The number of aryl methyl sites for hydroxylation is 2. The van der Waals surface area contributed by atoms with Gasteiger partial charge in [0, 0.05) is 29.5 Å². The van der Waals surface area contributed by atoms with E-state index in [1.54, 1.807) is 56.6 Å². The Morgan fingerprint density at radius 3 is 2.64 bits per heavy atom. The molecule has 204 valence electrons. The Morgan fingerprint density at radius 1 is 1.13 bits per heavy atom. The maximum atomic E-state index is 14.1. The van der Waals surface area contributed by atoms with E-state index in [4.69, 9.17) is 11.6 Å². The zero-order valence-corrected chi connectivity index (χ0v) is 23.2. The maximum absolute atomic E-state index is 14.1. The number of sulfonamides is 1. The van der Waals surface area contributed by atoms with Gasteiger partial charge >= 0.3 is 0 Å². The zero-order valence-electron chi connectivity index (χ0n) is 21.6. The van der Waals surface area contributed by atoms with E-state index in [1.165, 1.54) is 6.07 Å². The molecule has 9 nitrogen and oxygen atoms in total. The Balaban J connectivity index is 1.42. The van der Waals surface area contributed by atoms with Crippen molar-refractivity contribution in [1.29, 1.82) is 0 Å². The summed E-state index contributed by atoms with van der Waals surface area (Å²) in [5.74, 6) is -0.949. The number of benzene rings is 2. The van der Waals surface area contributed by atoms with Crippen LogP contribution in [0.3, 0.4) is 0 Å². The fourth-order valence-corrected chi connectivity index (χ4v) is 7.38. The maximum Gasteiger partial charge on any atom is 0.265 e. The molecule has 1 aromatic heterocycles. The molecule has 3 N–H and O–H groups in total. The number of halogens is 1. The highest BCUT2D eigenvalue weighted by Gasteiger charge is 2.43. The number of nitrogens with zero attached hydrogens (tertiary/aromatic N) is 2. The van der Waals surface area contributed by atoms with Gasteiger partial charge < -0.3 is 16.0 Å². The van der Waals surface area contributed by atoms with E-state index in [9.17, 15) is 18.0 Å². The second-order valence-electron chi connectivity index (χ2n) is 9.97. The molecule has 0 spiro atoms. The van der Waals surface area contributed by atoms with Crippen LogP contribution in [0.1, 0.15) is 42.0 Å². The first kappa shape index (κ1) is 27.1. The number of aromatic nitrogens is 1. The smallest absolute Gasteiger partial charge is 0.265 e. The molecule has 2 unspecified atom stereocenters. The summed E-state index contributed by atoms with van der Waals surface area (Å²) in [6, 6.07) is 12.3. The van der Waals surface area contributed by atoms with Crippen LogP contribution in [0.4, 0.5) is 11.4 Å². The van der Waals surface area contributed by atoms with E-state index in [0.29, 0.717) is 40.5 Å². The van der Waals surface area contributed by atoms with E-state index in [2.05, 4.69) is 20.9 Å². The molecule has 5 rings (SSSR count). The number of carbonyl (C=O) groups is 2. The zero-order chi connectivity index (χ0) is 27.7. The standard InChI is InChI=1S/C28H30ClN5O4S/c1-17-14-26(18(2)13-21(17)29)39(37,38)34-24-6-4-3-5-22(24)33-28(36)25(34)16-27(35)32-20-9-12-31-23(15-20)19-7-10-30-11-8-19/h3-8,10-11,13-14,20,23,25,31H,9,12,15-16H2,1-2H3,(H,32,35)(H,33,36)/t20?,23?,25-/m0/s1. The number of nitrogens with one attached hydrogen (secondary N) is 3. The second kappa shape index (κ2) is 11.0. The number of carbonyl (C=O) groups excluding carboxylic acids is 2. The van der Waals surface area contributed by atoms with Gasteiger partial charge in [-0.15, -0.1) is 0 Å². The number of hydrogen-bond donors (Lipinski definition) is 3. The monoisotopic (exact) mass is 567 g/mol. The Bertz CT molecular complexity index is 1520. The Kier molecular flexibility index (Phi) is 7.61. The largest absolute Gasteiger partial charge is 0.353 e. The molecule has 3 heterocycles. The number of hydrogen-bond acceptors (Lipinski definition) is 6. The van der Waals surface area contributed by atoms with E-state index in [1.807, 2.05) is 12.1 Å². The number of amides is 2. The SMILES string of the molecule is Cc1cc(S(=O)(=O)N2c3ccccc3NC(=O)[C@@H]2CC(=O)NC2CCNC(c3ccncc3)C2)c(C)cc1Cl. The number of piperidine rings is 1. The van der Waals surface area contributed by atoms with Gasteiger partial charge in [0.05, 0.1) is 22.7 Å². The van der Waals surface area contributed by atoms with Gasteiger partial charge in [0.15, 0.2) is 0 Å². The lowest BCUT2D eigenvalue weighted by molar-refractivity contribution is -0.125. The highest BCUT2D eigenvalue weighted by molar-refractivity contribution is 7.93. The molecule has 3 aromatic rings. The van der Waals surface area contributed by atoms with E-state index >= 15 is 0 Å². The molecule has 2 amide bonds. The van der Waals surface area contributed by atoms with Crippen LogP contribution in [-0.2, 0) is 19.6 Å². The number of fused-ring (bicyclic) bond motifs is 1. The van der Waals surface area contributed by atoms with Crippen LogP contribution in [-0.4, -0.2) is 43.8 Å². The Hall–Kier alpha value is -3.47. The average molecular weight is 568 g/mol. The summed E-state index contributed by atoms with van der Waals surface area (Å²) in [4.78, 5) is 30.7. The van der Waals surface area contributed by atoms with E-state index < -0.39 is 22.0 Å². The molecule has 3 atom stereocenters. The lowest BCUT2D eigenvalue weighted by atomic mass is 9.94. The van der Waals surface area contributed by atoms with E-state index in [0.717, 1.165) is 16.3 Å². The van der Waals surface area contributed by atoms with Crippen LogP contribution < -0.4 is 20.3 Å². The van der Waals surface area contributed by atoms with Gasteiger partial charge in [0.2, 0.25) is 11.8 Å². The van der Waals surface area contributed by atoms with Crippen LogP contribution in [0.15, 0.2) is 65.8 Å². The molecule has 1 saturated heterocycles. The minimum absolute atomic E-state index is 0.0397. The summed E-state index contributed by atoms with van der Waals surface area (Å²) in [6.45, 7) is 4.10. The third-order valence-corrected chi connectivity index (χ3v) is 9.61. The first-order chi connectivity index (χ1) is 18.6. The molecule has 39 heavy (non-hydrogen) atoms. The van der Waals surface area contributed by atoms with Crippen LogP contribution in [0.25, 0.3) is 0 Å². The van der Waals surface area contributed by atoms with Crippen LogP contribution in [0, 0.1) is 13.8 Å². The number of rotatable bonds is 6. The van der Waals surface area contributed by atoms with Crippen molar-refractivity contribution in [2.75, 3.05) is 16.2 Å². The third-order valence-electron chi connectivity index (χ3n) is 7.23. The van der Waals surface area contributed by atoms with Gasteiger partial charge in [-0.2, -0.15) is 0 Å². The average Bonchev–Trinajstić information content (AvgIpc) is 2.91. The van der Waals surface area contributed by atoms with Crippen molar-refractivity contribution in [1.82, 2.24) is 15.6 Å². The quantitative estimate of drug-likeness (QED) is 0.416. The van der Waals surface area contributed by atoms with Gasteiger partial charge in [-0.1, -0.05) is 23.7 Å². The summed E-state index contributed by atoms with van der Waals surface area (Å²) in [5, 5.41) is 9.72. The van der Waals surface area contributed by atoms with E-state index in [-0.39, 0.29) is 29.3 Å². The molecule has 2 aliphatic rings. The van der Waals surface area contributed by atoms with Crippen LogP contribution in [0.2, 0.25) is 5.02 Å². The lowest BCUT2D eigenvalue weighted by Gasteiger charge is -2.37. The Labute approximate surface area is 233 Å². The fourth-order valence-electron chi connectivity index (χ4n) is 5.23. The molecule has 11 heteroatoms. The van der Waals surface area contributed by atoms with Gasteiger partial charge in [0.25, 0.3) is 10.0 Å². The topological polar surface area (TPSA) is 121 Å². The highest BCUT2D eigenvalue weighted by Crippen LogP contribution is 2.38. The molecular formula is C28H30ClN5O4S. The molecule has 2 aliphatic heterocycles. The van der Waals surface area contributed by atoms with Gasteiger partial charge in [-0.05, 0) is 86.3 Å². The summed E-state index contributed by atoms with van der Waals surface area (Å²) in [6.07, 6.45) is 4.53. The minimum atomic E-state index is -4.23. The Morgan fingerprint density at radius 2 is 1.87 bits per heavy atom.